The first kappa shape index (κ1) is 12.0. The largest absolute Gasteiger partial charge is 0.406 e. The summed E-state index contributed by atoms with van der Waals surface area (Å²) in [6.07, 6.45) is -4.55. The lowest BCUT2D eigenvalue weighted by atomic mass is 9.91. The molecule has 0 aromatic rings. The Bertz CT molecular complexity index is 144. The molecular weight excluding hydrogens is 195 g/mol. The van der Waals surface area contributed by atoms with Gasteiger partial charge in [0.25, 0.3) is 0 Å². The first-order valence-electron chi connectivity index (χ1n) is 3.39. The van der Waals surface area contributed by atoms with E-state index in [0.29, 0.717) is 0 Å². The Hall–Kier alpha value is -0.0000000000000000486. The van der Waals surface area contributed by atoms with Crippen molar-refractivity contribution in [1.29, 1.82) is 0 Å². The Labute approximate surface area is 74.7 Å². The third kappa shape index (κ3) is 2.24. The van der Waals surface area contributed by atoms with Gasteiger partial charge < -0.3 is 10.5 Å². The summed E-state index contributed by atoms with van der Waals surface area (Å²) < 4.78 is 41.2. The molecule has 1 aliphatic heterocycles. The van der Waals surface area contributed by atoms with E-state index >= 15 is 0 Å². The summed E-state index contributed by atoms with van der Waals surface area (Å²) in [6, 6.07) is 0. The smallest absolute Gasteiger partial charge is 0.381 e. The normalized spacial score (nSPS) is 23.0. The van der Waals surface area contributed by atoms with Gasteiger partial charge in [0.05, 0.1) is 0 Å². The first-order chi connectivity index (χ1) is 4.96. The molecule has 1 heterocycles. The highest BCUT2D eigenvalue weighted by Gasteiger charge is 2.52. The number of nitrogens with two attached hydrogens (primary N) is 1. The summed E-state index contributed by atoms with van der Waals surface area (Å²) in [5.41, 5.74) is 3.12. The zero-order valence-electron chi connectivity index (χ0n) is 6.36. The molecule has 12 heavy (non-hydrogen) atoms. The van der Waals surface area contributed by atoms with Crippen LogP contribution < -0.4 is 5.73 Å². The van der Waals surface area contributed by atoms with Gasteiger partial charge in [0.15, 0.2) is 0 Å². The van der Waals surface area contributed by atoms with Crippen molar-refractivity contribution in [3.63, 3.8) is 0 Å². The van der Waals surface area contributed by atoms with Crippen molar-refractivity contribution < 1.29 is 17.9 Å². The number of rotatable bonds is 0. The summed E-state index contributed by atoms with van der Waals surface area (Å²) in [4.78, 5) is 0. The molecular formula is C6H11ClF3NO. The van der Waals surface area contributed by atoms with Gasteiger partial charge >= 0.3 is 6.18 Å². The van der Waals surface area contributed by atoms with E-state index in [1.54, 1.807) is 0 Å². The minimum atomic E-state index is -4.29. The second-order valence-corrected chi connectivity index (χ2v) is 2.77. The molecule has 1 saturated heterocycles. The van der Waals surface area contributed by atoms with Crippen LogP contribution in [0.5, 0.6) is 0 Å². The summed E-state index contributed by atoms with van der Waals surface area (Å²) in [6.45, 7) is 0.214. The van der Waals surface area contributed by atoms with Gasteiger partial charge in [-0.05, 0) is 12.8 Å². The zero-order valence-corrected chi connectivity index (χ0v) is 7.17. The molecule has 0 saturated carbocycles. The van der Waals surface area contributed by atoms with E-state index in [0.717, 1.165) is 0 Å². The zero-order chi connectivity index (χ0) is 8.54. The van der Waals surface area contributed by atoms with Crippen molar-refractivity contribution in [2.75, 3.05) is 13.2 Å². The van der Waals surface area contributed by atoms with Gasteiger partial charge in [-0.15, -0.1) is 12.4 Å². The molecule has 1 aliphatic rings. The summed E-state index contributed by atoms with van der Waals surface area (Å²) in [5, 5.41) is 0. The van der Waals surface area contributed by atoms with E-state index in [2.05, 4.69) is 0 Å². The first-order valence-corrected chi connectivity index (χ1v) is 3.39. The maximum Gasteiger partial charge on any atom is 0.406 e. The van der Waals surface area contributed by atoms with Gasteiger partial charge in [0.1, 0.15) is 5.54 Å². The maximum atomic E-state index is 12.1. The van der Waals surface area contributed by atoms with Crippen molar-refractivity contribution in [3.05, 3.63) is 0 Å². The fraction of sp³-hybridized carbons (Fsp3) is 1.00. The van der Waals surface area contributed by atoms with E-state index in [4.69, 9.17) is 10.5 Å². The number of alkyl halides is 3. The van der Waals surface area contributed by atoms with Gasteiger partial charge in [-0.2, -0.15) is 13.2 Å². The number of hydrogen-bond acceptors (Lipinski definition) is 2. The second-order valence-electron chi connectivity index (χ2n) is 2.77. The highest BCUT2D eigenvalue weighted by Crippen LogP contribution is 2.35. The van der Waals surface area contributed by atoms with Gasteiger partial charge in [-0.3, -0.25) is 0 Å². The molecule has 2 N–H and O–H groups in total. The Morgan fingerprint density at radius 1 is 1.17 bits per heavy atom. The molecule has 0 aromatic carbocycles. The molecule has 6 heteroatoms. The van der Waals surface area contributed by atoms with Gasteiger partial charge in [0, 0.05) is 13.2 Å². The molecule has 74 valence electrons. The van der Waals surface area contributed by atoms with Crippen molar-refractivity contribution in [3.8, 4) is 0 Å². The lowest BCUT2D eigenvalue weighted by Crippen LogP contribution is -2.56. The predicted molar refractivity (Wildman–Crippen MR) is 40.3 cm³/mol. The number of halogens is 4. The average Bonchev–Trinajstić information content (AvgIpc) is 1.87. The molecule has 1 rings (SSSR count). The molecule has 0 radical (unpaired) electrons. The van der Waals surface area contributed by atoms with Gasteiger partial charge in [0.2, 0.25) is 0 Å². The van der Waals surface area contributed by atoms with Crippen LogP contribution in [0.25, 0.3) is 0 Å². The Kier molecular flexibility index (Phi) is 3.81. The standard InChI is InChI=1S/C6H10F3NO.ClH/c7-6(8,9)5(10)1-3-11-4-2-5;/h1-4,10H2;1H. The minimum Gasteiger partial charge on any atom is -0.381 e. The molecule has 1 fully saturated rings. The van der Waals surface area contributed by atoms with Gasteiger partial charge in [-0.25, -0.2) is 0 Å². The average molecular weight is 206 g/mol. The van der Waals surface area contributed by atoms with Crippen molar-refractivity contribution >= 4 is 12.4 Å². The third-order valence-electron chi connectivity index (χ3n) is 1.95. The lowest BCUT2D eigenvalue weighted by molar-refractivity contribution is -0.204. The molecule has 0 aromatic heterocycles. The molecule has 0 bridgehead atoms. The summed E-state index contributed by atoms with van der Waals surface area (Å²) in [7, 11) is 0. The molecule has 0 aliphatic carbocycles. The highest BCUT2D eigenvalue weighted by atomic mass is 35.5. The van der Waals surface area contributed by atoms with Crippen LogP contribution in [0.3, 0.4) is 0 Å². The van der Waals surface area contributed by atoms with E-state index in [9.17, 15) is 13.2 Å². The lowest BCUT2D eigenvalue weighted by Gasteiger charge is -2.34. The van der Waals surface area contributed by atoms with Crippen LogP contribution in [-0.2, 0) is 4.74 Å². The fourth-order valence-electron chi connectivity index (χ4n) is 1.02. The van der Waals surface area contributed by atoms with Crippen LogP contribution in [0.1, 0.15) is 12.8 Å². The monoisotopic (exact) mass is 205 g/mol. The quantitative estimate of drug-likeness (QED) is 0.650. The molecule has 0 amide bonds. The third-order valence-corrected chi connectivity index (χ3v) is 1.95. The summed E-state index contributed by atoms with van der Waals surface area (Å²) in [5.74, 6) is 0. The van der Waals surface area contributed by atoms with Crippen LogP contribution in [0.15, 0.2) is 0 Å². The number of ether oxygens (including phenoxy) is 1. The van der Waals surface area contributed by atoms with Crippen molar-refractivity contribution in [1.82, 2.24) is 0 Å². The van der Waals surface area contributed by atoms with E-state index < -0.39 is 11.7 Å². The van der Waals surface area contributed by atoms with Crippen LogP contribution in [0.2, 0.25) is 0 Å². The van der Waals surface area contributed by atoms with Gasteiger partial charge in [-0.1, -0.05) is 0 Å². The molecule has 0 atom stereocenters. The van der Waals surface area contributed by atoms with Crippen LogP contribution in [0, 0.1) is 0 Å². The Balaban J connectivity index is 0.00000121. The second kappa shape index (κ2) is 3.81. The molecule has 2 nitrogen and oxygen atoms in total. The SMILES string of the molecule is Cl.NC1(C(F)(F)F)CCOCC1. The van der Waals surface area contributed by atoms with E-state index in [1.165, 1.54) is 0 Å². The maximum absolute atomic E-state index is 12.1. The van der Waals surface area contributed by atoms with Crippen molar-refractivity contribution in [2.24, 2.45) is 5.73 Å². The highest BCUT2D eigenvalue weighted by molar-refractivity contribution is 5.85. The minimum absolute atomic E-state index is 0. The fourth-order valence-corrected chi connectivity index (χ4v) is 1.02. The van der Waals surface area contributed by atoms with Crippen molar-refractivity contribution in [2.45, 2.75) is 24.6 Å². The number of hydrogen-bond donors (Lipinski definition) is 1. The molecule has 0 spiro atoms. The van der Waals surface area contributed by atoms with Crippen LogP contribution in [-0.4, -0.2) is 24.9 Å². The van der Waals surface area contributed by atoms with E-state index in [1.807, 2.05) is 0 Å². The van der Waals surface area contributed by atoms with Crippen LogP contribution >= 0.6 is 12.4 Å². The van der Waals surface area contributed by atoms with E-state index in [-0.39, 0.29) is 38.5 Å². The Morgan fingerprint density at radius 3 is 1.83 bits per heavy atom. The predicted octanol–water partition coefficient (Wildman–Crippen LogP) is 1.48. The topological polar surface area (TPSA) is 35.2 Å². The Morgan fingerprint density at radius 2 is 1.58 bits per heavy atom. The summed E-state index contributed by atoms with van der Waals surface area (Å²) >= 11 is 0. The van der Waals surface area contributed by atoms with Crippen LogP contribution in [0.4, 0.5) is 13.2 Å². The molecule has 0 unspecified atom stereocenters.